The van der Waals surface area contributed by atoms with Gasteiger partial charge in [0, 0.05) is 5.02 Å². The van der Waals surface area contributed by atoms with Gasteiger partial charge in [-0.3, -0.25) is 0 Å². The third-order valence-electron chi connectivity index (χ3n) is 2.64. The van der Waals surface area contributed by atoms with Gasteiger partial charge in [-0.25, -0.2) is 4.79 Å². The highest BCUT2D eigenvalue weighted by molar-refractivity contribution is 6.30. The molecular formula is C14H20ClNO3. The van der Waals surface area contributed by atoms with Gasteiger partial charge in [-0.1, -0.05) is 24.9 Å². The second-order valence-corrected chi connectivity index (χ2v) is 4.52. The molecule has 0 radical (unpaired) electrons. The molecule has 1 rings (SSSR count). The van der Waals surface area contributed by atoms with Gasteiger partial charge in [0.25, 0.3) is 0 Å². The summed E-state index contributed by atoms with van der Waals surface area (Å²) in [7, 11) is 1.58. The molecule has 0 saturated heterocycles. The predicted molar refractivity (Wildman–Crippen MR) is 77.0 cm³/mol. The average molecular weight is 286 g/mol. The van der Waals surface area contributed by atoms with Crippen molar-refractivity contribution in [2.45, 2.75) is 32.7 Å². The number of esters is 1. The lowest BCUT2D eigenvalue weighted by Gasteiger charge is -2.19. The van der Waals surface area contributed by atoms with E-state index in [0.29, 0.717) is 29.5 Å². The summed E-state index contributed by atoms with van der Waals surface area (Å²) in [6.07, 6.45) is 1.56. The van der Waals surface area contributed by atoms with Crippen molar-refractivity contribution in [2.75, 3.05) is 19.0 Å². The number of anilines is 1. The lowest BCUT2D eigenvalue weighted by Crippen LogP contribution is -2.31. The van der Waals surface area contributed by atoms with Crippen molar-refractivity contribution in [2.24, 2.45) is 0 Å². The zero-order chi connectivity index (χ0) is 14.3. The van der Waals surface area contributed by atoms with Gasteiger partial charge in [0.2, 0.25) is 0 Å². The quantitative estimate of drug-likeness (QED) is 0.779. The first-order chi connectivity index (χ1) is 9.12. The molecule has 0 fully saturated rings. The second-order valence-electron chi connectivity index (χ2n) is 4.08. The Labute approximate surface area is 119 Å². The van der Waals surface area contributed by atoms with Crippen LogP contribution >= 0.6 is 11.6 Å². The Balaban J connectivity index is 2.89. The van der Waals surface area contributed by atoms with Crippen LogP contribution in [0.15, 0.2) is 18.2 Å². The molecule has 1 unspecified atom stereocenters. The minimum absolute atomic E-state index is 0.258. The van der Waals surface area contributed by atoms with Gasteiger partial charge in [-0.15, -0.1) is 0 Å². The Kier molecular flexibility index (Phi) is 6.50. The van der Waals surface area contributed by atoms with Crippen molar-refractivity contribution in [1.29, 1.82) is 0 Å². The first-order valence-electron chi connectivity index (χ1n) is 6.39. The van der Waals surface area contributed by atoms with Crippen LogP contribution in [0.3, 0.4) is 0 Å². The minimum Gasteiger partial charge on any atom is -0.495 e. The van der Waals surface area contributed by atoms with E-state index in [9.17, 15) is 4.79 Å². The number of carbonyl (C=O) groups is 1. The second kappa shape index (κ2) is 7.89. The summed E-state index contributed by atoms with van der Waals surface area (Å²) in [6.45, 7) is 4.18. The van der Waals surface area contributed by atoms with E-state index in [2.05, 4.69) is 5.32 Å². The van der Waals surface area contributed by atoms with Gasteiger partial charge < -0.3 is 14.8 Å². The van der Waals surface area contributed by atoms with Crippen molar-refractivity contribution in [3.05, 3.63) is 23.2 Å². The molecule has 0 aliphatic carbocycles. The number of halogens is 1. The Bertz CT molecular complexity index is 423. The van der Waals surface area contributed by atoms with Crippen LogP contribution in [0.5, 0.6) is 5.75 Å². The van der Waals surface area contributed by atoms with Crippen LogP contribution in [-0.4, -0.2) is 25.7 Å². The molecule has 1 aromatic carbocycles. The molecule has 19 heavy (non-hydrogen) atoms. The van der Waals surface area contributed by atoms with Crippen molar-refractivity contribution in [3.63, 3.8) is 0 Å². The van der Waals surface area contributed by atoms with Crippen molar-refractivity contribution in [3.8, 4) is 5.75 Å². The fourth-order valence-corrected chi connectivity index (χ4v) is 1.93. The van der Waals surface area contributed by atoms with Crippen LogP contribution in [0.2, 0.25) is 5.02 Å². The summed E-state index contributed by atoms with van der Waals surface area (Å²) >= 11 is 5.96. The Morgan fingerprint density at radius 2 is 2.16 bits per heavy atom. The van der Waals surface area contributed by atoms with Crippen molar-refractivity contribution in [1.82, 2.24) is 0 Å². The standard InChI is InChI=1S/C14H20ClNO3/c1-4-6-11(14(17)19-5-2)16-12-9-10(15)7-8-13(12)18-3/h7-9,11,16H,4-6H2,1-3H3. The van der Waals surface area contributed by atoms with E-state index in [-0.39, 0.29) is 5.97 Å². The van der Waals surface area contributed by atoms with Crippen LogP contribution < -0.4 is 10.1 Å². The highest BCUT2D eigenvalue weighted by atomic mass is 35.5. The summed E-state index contributed by atoms with van der Waals surface area (Å²) in [5.41, 5.74) is 0.696. The molecular weight excluding hydrogens is 266 g/mol. The topological polar surface area (TPSA) is 47.6 Å². The number of nitrogens with one attached hydrogen (secondary N) is 1. The maximum Gasteiger partial charge on any atom is 0.328 e. The summed E-state index contributed by atoms with van der Waals surface area (Å²) < 4.78 is 10.3. The average Bonchev–Trinajstić information content (AvgIpc) is 2.39. The fraction of sp³-hybridized carbons (Fsp3) is 0.500. The Morgan fingerprint density at radius 3 is 2.74 bits per heavy atom. The van der Waals surface area contributed by atoms with Crippen LogP contribution in [0.4, 0.5) is 5.69 Å². The maximum absolute atomic E-state index is 11.9. The largest absolute Gasteiger partial charge is 0.495 e. The molecule has 0 bridgehead atoms. The highest BCUT2D eigenvalue weighted by Crippen LogP contribution is 2.28. The molecule has 0 aliphatic heterocycles. The van der Waals surface area contributed by atoms with Crippen LogP contribution in [-0.2, 0) is 9.53 Å². The van der Waals surface area contributed by atoms with E-state index in [1.807, 2.05) is 6.92 Å². The molecule has 1 N–H and O–H groups in total. The molecule has 4 nitrogen and oxygen atoms in total. The molecule has 0 aliphatic rings. The minimum atomic E-state index is -0.391. The molecule has 5 heteroatoms. The van der Waals surface area contributed by atoms with Gasteiger partial charge in [-0.2, -0.15) is 0 Å². The van der Waals surface area contributed by atoms with Gasteiger partial charge in [0.15, 0.2) is 0 Å². The number of carbonyl (C=O) groups excluding carboxylic acids is 1. The van der Waals surface area contributed by atoms with E-state index in [0.717, 1.165) is 6.42 Å². The van der Waals surface area contributed by atoms with Crippen LogP contribution in [0.25, 0.3) is 0 Å². The fourth-order valence-electron chi connectivity index (χ4n) is 1.76. The van der Waals surface area contributed by atoms with Gasteiger partial charge in [0.05, 0.1) is 19.4 Å². The van der Waals surface area contributed by atoms with Crippen molar-refractivity contribution >= 4 is 23.3 Å². The van der Waals surface area contributed by atoms with Gasteiger partial charge in [-0.05, 0) is 31.5 Å². The summed E-state index contributed by atoms with van der Waals surface area (Å²) in [6, 6.07) is 4.85. The monoisotopic (exact) mass is 285 g/mol. The van der Waals surface area contributed by atoms with E-state index >= 15 is 0 Å². The summed E-state index contributed by atoms with van der Waals surface area (Å²) in [5.74, 6) is 0.390. The first-order valence-corrected chi connectivity index (χ1v) is 6.76. The lowest BCUT2D eigenvalue weighted by molar-refractivity contribution is -0.144. The number of ether oxygens (including phenoxy) is 2. The zero-order valence-corrected chi connectivity index (χ0v) is 12.3. The molecule has 0 heterocycles. The number of methoxy groups -OCH3 is 1. The predicted octanol–water partition coefficient (Wildman–Crippen LogP) is 3.49. The number of rotatable bonds is 7. The van der Waals surface area contributed by atoms with E-state index in [1.54, 1.807) is 32.2 Å². The summed E-state index contributed by atoms with van der Waals surface area (Å²) in [4.78, 5) is 11.9. The van der Waals surface area contributed by atoms with Gasteiger partial charge >= 0.3 is 5.97 Å². The third-order valence-corrected chi connectivity index (χ3v) is 2.87. The smallest absolute Gasteiger partial charge is 0.328 e. The molecule has 0 saturated carbocycles. The third kappa shape index (κ3) is 4.63. The highest BCUT2D eigenvalue weighted by Gasteiger charge is 2.20. The van der Waals surface area contributed by atoms with E-state index in [1.165, 1.54) is 0 Å². The van der Waals surface area contributed by atoms with E-state index in [4.69, 9.17) is 21.1 Å². The van der Waals surface area contributed by atoms with E-state index < -0.39 is 6.04 Å². The number of benzene rings is 1. The van der Waals surface area contributed by atoms with Crippen molar-refractivity contribution < 1.29 is 14.3 Å². The molecule has 0 amide bonds. The number of hydrogen-bond donors (Lipinski definition) is 1. The Morgan fingerprint density at radius 1 is 1.42 bits per heavy atom. The Hall–Kier alpha value is -1.42. The van der Waals surface area contributed by atoms with Crippen LogP contribution in [0.1, 0.15) is 26.7 Å². The first kappa shape index (κ1) is 15.6. The van der Waals surface area contributed by atoms with Gasteiger partial charge in [0.1, 0.15) is 11.8 Å². The molecule has 0 aromatic heterocycles. The maximum atomic E-state index is 11.9. The molecule has 1 aromatic rings. The zero-order valence-electron chi connectivity index (χ0n) is 11.5. The molecule has 1 atom stereocenters. The number of hydrogen-bond acceptors (Lipinski definition) is 4. The summed E-state index contributed by atoms with van der Waals surface area (Å²) in [5, 5.41) is 3.73. The van der Waals surface area contributed by atoms with Crippen LogP contribution in [0, 0.1) is 0 Å². The molecule has 0 spiro atoms. The lowest BCUT2D eigenvalue weighted by atomic mass is 10.1. The normalized spacial score (nSPS) is 11.8. The SMILES string of the molecule is CCCC(Nc1cc(Cl)ccc1OC)C(=O)OCC. The molecule has 106 valence electrons.